The number of hydrogen-bond donors (Lipinski definition) is 1. The molecule has 0 aliphatic rings. The highest BCUT2D eigenvalue weighted by molar-refractivity contribution is 9.10. The van der Waals surface area contributed by atoms with Crippen LogP contribution in [0.1, 0.15) is 17.2 Å². The van der Waals surface area contributed by atoms with E-state index in [0.29, 0.717) is 12.2 Å². The zero-order valence-corrected chi connectivity index (χ0v) is 12.5. The SMILES string of the molecule is COc1cccc(CC(N)c2cc(F)c(Br)cc2F)c1. The van der Waals surface area contributed by atoms with E-state index in [1.165, 1.54) is 0 Å². The third-order valence-corrected chi connectivity index (χ3v) is 3.64. The van der Waals surface area contributed by atoms with Crippen LogP contribution in [-0.2, 0) is 6.42 Å². The Hall–Kier alpha value is -1.46. The number of nitrogens with two attached hydrogens (primary N) is 1. The maximum Gasteiger partial charge on any atom is 0.137 e. The van der Waals surface area contributed by atoms with Gasteiger partial charge in [-0.1, -0.05) is 12.1 Å². The molecule has 20 heavy (non-hydrogen) atoms. The van der Waals surface area contributed by atoms with Crippen molar-refractivity contribution in [3.8, 4) is 5.75 Å². The predicted molar refractivity (Wildman–Crippen MR) is 77.7 cm³/mol. The van der Waals surface area contributed by atoms with E-state index in [9.17, 15) is 8.78 Å². The first kappa shape index (κ1) is 14.9. The lowest BCUT2D eigenvalue weighted by Crippen LogP contribution is -2.15. The molecule has 106 valence electrons. The molecular formula is C15H14BrF2NO. The molecule has 2 rings (SSSR count). The molecule has 0 aliphatic heterocycles. The molecule has 0 amide bonds. The minimum Gasteiger partial charge on any atom is -0.497 e. The smallest absolute Gasteiger partial charge is 0.137 e. The number of methoxy groups -OCH3 is 1. The van der Waals surface area contributed by atoms with Crippen molar-refractivity contribution in [1.82, 2.24) is 0 Å². The summed E-state index contributed by atoms with van der Waals surface area (Å²) >= 11 is 2.94. The van der Waals surface area contributed by atoms with Crippen LogP contribution in [0.15, 0.2) is 40.9 Å². The summed E-state index contributed by atoms with van der Waals surface area (Å²) in [6.07, 6.45) is 0.398. The molecule has 2 aromatic carbocycles. The van der Waals surface area contributed by atoms with Crippen LogP contribution in [0.4, 0.5) is 8.78 Å². The molecule has 0 fully saturated rings. The van der Waals surface area contributed by atoms with Crippen LogP contribution in [0.5, 0.6) is 5.75 Å². The minimum atomic E-state index is -0.621. The Morgan fingerprint density at radius 2 is 1.95 bits per heavy atom. The fourth-order valence-corrected chi connectivity index (χ4v) is 2.30. The Kier molecular flexibility index (Phi) is 4.73. The Labute approximate surface area is 124 Å². The van der Waals surface area contributed by atoms with Gasteiger partial charge in [0.1, 0.15) is 17.4 Å². The number of benzene rings is 2. The van der Waals surface area contributed by atoms with Crippen LogP contribution < -0.4 is 10.5 Å². The van der Waals surface area contributed by atoms with Crippen LogP contribution in [0.25, 0.3) is 0 Å². The van der Waals surface area contributed by atoms with Gasteiger partial charge in [-0.05, 0) is 52.2 Å². The summed E-state index contributed by atoms with van der Waals surface area (Å²) in [5, 5.41) is 0. The second-order valence-corrected chi connectivity index (χ2v) is 5.30. The summed E-state index contributed by atoms with van der Waals surface area (Å²) in [7, 11) is 1.57. The highest BCUT2D eigenvalue weighted by atomic mass is 79.9. The third-order valence-electron chi connectivity index (χ3n) is 3.03. The zero-order valence-electron chi connectivity index (χ0n) is 10.9. The summed E-state index contributed by atoms with van der Waals surface area (Å²) in [4.78, 5) is 0. The van der Waals surface area contributed by atoms with Gasteiger partial charge in [0.25, 0.3) is 0 Å². The van der Waals surface area contributed by atoms with Crippen LogP contribution >= 0.6 is 15.9 Å². The molecule has 2 aromatic rings. The molecule has 0 aromatic heterocycles. The Morgan fingerprint density at radius 3 is 2.65 bits per heavy atom. The van der Waals surface area contributed by atoms with Crippen LogP contribution in [-0.4, -0.2) is 7.11 Å². The normalized spacial score (nSPS) is 12.2. The molecule has 0 saturated carbocycles. The Bertz CT molecular complexity index is 619. The first-order valence-corrected chi connectivity index (χ1v) is 6.83. The molecule has 0 radical (unpaired) electrons. The van der Waals surface area contributed by atoms with Gasteiger partial charge in [-0.3, -0.25) is 0 Å². The molecule has 0 heterocycles. The maximum atomic E-state index is 13.8. The standard InChI is InChI=1S/C15H14BrF2NO/c1-20-10-4-2-3-9(5-10)6-15(19)11-7-14(18)12(16)8-13(11)17/h2-5,7-8,15H,6,19H2,1H3. The van der Waals surface area contributed by atoms with Crippen LogP contribution in [0, 0.1) is 11.6 Å². The van der Waals surface area contributed by atoms with Gasteiger partial charge in [0.15, 0.2) is 0 Å². The monoisotopic (exact) mass is 341 g/mol. The van der Waals surface area contributed by atoms with E-state index >= 15 is 0 Å². The van der Waals surface area contributed by atoms with E-state index in [0.717, 1.165) is 17.7 Å². The first-order chi connectivity index (χ1) is 9.51. The molecule has 2 N–H and O–H groups in total. The van der Waals surface area contributed by atoms with Crippen molar-refractivity contribution in [3.05, 3.63) is 63.6 Å². The first-order valence-electron chi connectivity index (χ1n) is 6.04. The fourth-order valence-electron chi connectivity index (χ4n) is 1.99. The molecule has 0 spiro atoms. The van der Waals surface area contributed by atoms with Gasteiger partial charge >= 0.3 is 0 Å². The summed E-state index contributed by atoms with van der Waals surface area (Å²) in [5.74, 6) is -0.340. The molecule has 5 heteroatoms. The maximum absolute atomic E-state index is 13.8. The van der Waals surface area contributed by atoms with E-state index in [2.05, 4.69) is 15.9 Å². The Morgan fingerprint density at radius 1 is 1.20 bits per heavy atom. The zero-order chi connectivity index (χ0) is 14.7. The van der Waals surface area contributed by atoms with E-state index in [1.807, 2.05) is 24.3 Å². The molecule has 1 atom stereocenters. The van der Waals surface area contributed by atoms with Gasteiger partial charge in [-0.15, -0.1) is 0 Å². The molecule has 0 saturated heterocycles. The van der Waals surface area contributed by atoms with Crippen molar-refractivity contribution < 1.29 is 13.5 Å². The second kappa shape index (κ2) is 6.33. The summed E-state index contributed by atoms with van der Waals surface area (Å²) in [5.41, 5.74) is 7.04. The van der Waals surface area contributed by atoms with Gasteiger partial charge < -0.3 is 10.5 Å². The summed E-state index contributed by atoms with van der Waals surface area (Å²) in [6.45, 7) is 0. The van der Waals surface area contributed by atoms with Crippen LogP contribution in [0.3, 0.4) is 0 Å². The van der Waals surface area contributed by atoms with Crippen molar-refractivity contribution in [2.75, 3.05) is 7.11 Å². The predicted octanol–water partition coefficient (Wildman–Crippen LogP) is 3.98. The molecule has 0 aliphatic carbocycles. The lowest BCUT2D eigenvalue weighted by Gasteiger charge is -2.14. The minimum absolute atomic E-state index is 0.0901. The number of rotatable bonds is 4. The lowest BCUT2D eigenvalue weighted by atomic mass is 9.99. The summed E-state index contributed by atoms with van der Waals surface area (Å²) in [6, 6.07) is 8.95. The average Bonchev–Trinajstić information content (AvgIpc) is 2.43. The largest absolute Gasteiger partial charge is 0.497 e. The quantitative estimate of drug-likeness (QED) is 0.853. The van der Waals surface area contributed by atoms with Crippen LogP contribution in [0.2, 0.25) is 0 Å². The highest BCUT2D eigenvalue weighted by Crippen LogP contribution is 2.26. The molecule has 1 unspecified atom stereocenters. The third kappa shape index (κ3) is 3.35. The van der Waals surface area contributed by atoms with Crippen molar-refractivity contribution >= 4 is 15.9 Å². The topological polar surface area (TPSA) is 35.2 Å². The Balaban J connectivity index is 2.23. The van der Waals surface area contributed by atoms with Crippen molar-refractivity contribution in [3.63, 3.8) is 0 Å². The second-order valence-electron chi connectivity index (χ2n) is 4.45. The van der Waals surface area contributed by atoms with Crippen molar-refractivity contribution in [2.45, 2.75) is 12.5 Å². The van der Waals surface area contributed by atoms with Gasteiger partial charge in [-0.25, -0.2) is 8.78 Å². The highest BCUT2D eigenvalue weighted by Gasteiger charge is 2.15. The van der Waals surface area contributed by atoms with E-state index in [1.54, 1.807) is 7.11 Å². The fraction of sp³-hybridized carbons (Fsp3) is 0.200. The van der Waals surface area contributed by atoms with Gasteiger partial charge in [0.05, 0.1) is 11.6 Å². The van der Waals surface area contributed by atoms with E-state index in [4.69, 9.17) is 10.5 Å². The van der Waals surface area contributed by atoms with Crippen molar-refractivity contribution in [1.29, 1.82) is 0 Å². The summed E-state index contributed by atoms with van der Waals surface area (Å²) < 4.78 is 32.5. The van der Waals surface area contributed by atoms with Gasteiger partial charge in [0, 0.05) is 11.6 Å². The van der Waals surface area contributed by atoms with Gasteiger partial charge in [-0.2, -0.15) is 0 Å². The molecular weight excluding hydrogens is 328 g/mol. The lowest BCUT2D eigenvalue weighted by molar-refractivity contribution is 0.414. The van der Waals surface area contributed by atoms with Gasteiger partial charge in [0.2, 0.25) is 0 Å². The molecule has 0 bridgehead atoms. The number of halogens is 3. The van der Waals surface area contributed by atoms with E-state index in [-0.39, 0.29) is 10.0 Å². The van der Waals surface area contributed by atoms with E-state index < -0.39 is 17.7 Å². The molecule has 2 nitrogen and oxygen atoms in total. The number of hydrogen-bond acceptors (Lipinski definition) is 2. The van der Waals surface area contributed by atoms with Crippen molar-refractivity contribution in [2.24, 2.45) is 5.73 Å². The average molecular weight is 342 g/mol. The number of ether oxygens (including phenoxy) is 1.